The zero-order chi connectivity index (χ0) is 13.5. The highest BCUT2D eigenvalue weighted by Crippen LogP contribution is 2.31. The fraction of sp³-hybridized carbons (Fsp3) is 0.625. The highest BCUT2D eigenvalue weighted by atomic mass is 32.2. The van der Waals surface area contributed by atoms with E-state index in [-0.39, 0.29) is 0 Å². The molecule has 1 aliphatic rings. The van der Waals surface area contributed by atoms with Gasteiger partial charge in [0.05, 0.1) is 6.10 Å². The maximum absolute atomic E-state index is 5.73. The Kier molecular flexibility index (Phi) is 6.21. The Morgan fingerprint density at radius 3 is 2.74 bits per heavy atom. The second-order valence-electron chi connectivity index (χ2n) is 5.09. The molecule has 3 atom stereocenters. The number of thioether (sulfide) groups is 1. The number of hydrogen-bond donors (Lipinski definition) is 1. The number of hydrogen-bond acceptors (Lipinski definition) is 3. The van der Waals surface area contributed by atoms with Crippen molar-refractivity contribution in [3.8, 4) is 0 Å². The summed E-state index contributed by atoms with van der Waals surface area (Å²) in [6, 6.07) is 11.2. The molecule has 1 aromatic rings. The van der Waals surface area contributed by atoms with Gasteiger partial charge in [0.1, 0.15) is 0 Å². The smallest absolute Gasteiger partial charge is 0.0666 e. The Hall–Kier alpha value is -0.510. The van der Waals surface area contributed by atoms with Crippen LogP contribution in [0.1, 0.15) is 37.8 Å². The molecule has 3 heteroatoms. The van der Waals surface area contributed by atoms with Crippen molar-refractivity contribution in [3.63, 3.8) is 0 Å². The topological polar surface area (TPSA) is 21.3 Å². The van der Waals surface area contributed by atoms with Crippen molar-refractivity contribution in [3.05, 3.63) is 35.9 Å². The van der Waals surface area contributed by atoms with E-state index in [0.29, 0.717) is 17.4 Å². The van der Waals surface area contributed by atoms with Crippen LogP contribution in [0.15, 0.2) is 30.3 Å². The molecule has 0 aliphatic carbocycles. The Bertz CT molecular complexity index is 351. The lowest BCUT2D eigenvalue weighted by molar-refractivity contribution is 0.128. The van der Waals surface area contributed by atoms with Crippen LogP contribution in [0.25, 0.3) is 0 Å². The highest BCUT2D eigenvalue weighted by molar-refractivity contribution is 8.00. The highest BCUT2D eigenvalue weighted by Gasteiger charge is 2.23. The van der Waals surface area contributed by atoms with E-state index < -0.39 is 0 Å². The summed E-state index contributed by atoms with van der Waals surface area (Å²) in [6.07, 6.45) is 4.12. The molecule has 1 aliphatic heterocycles. The third kappa shape index (κ3) is 4.23. The first-order valence-corrected chi connectivity index (χ1v) is 8.35. The van der Waals surface area contributed by atoms with Crippen LogP contribution in [0, 0.1) is 0 Å². The van der Waals surface area contributed by atoms with Crippen molar-refractivity contribution >= 4 is 11.8 Å². The van der Waals surface area contributed by atoms with Gasteiger partial charge < -0.3 is 10.1 Å². The van der Waals surface area contributed by atoms with Gasteiger partial charge in [0.25, 0.3) is 0 Å². The standard InChI is InChI=1S/C16H25NOS/c1-3-15(19-12-14-10-7-11-18-14)16(17-2)13-8-5-4-6-9-13/h4-6,8-9,14-17H,3,7,10-12H2,1-2H3. The van der Waals surface area contributed by atoms with E-state index in [1.165, 1.54) is 24.8 Å². The van der Waals surface area contributed by atoms with Crippen LogP contribution in [0.2, 0.25) is 0 Å². The first-order chi connectivity index (χ1) is 9.35. The van der Waals surface area contributed by atoms with Crippen LogP contribution in [0.5, 0.6) is 0 Å². The fourth-order valence-electron chi connectivity index (χ4n) is 2.68. The van der Waals surface area contributed by atoms with Crippen molar-refractivity contribution in [2.45, 2.75) is 43.6 Å². The fourth-order valence-corrected chi connectivity index (χ4v) is 4.13. The van der Waals surface area contributed by atoms with Gasteiger partial charge in [-0.2, -0.15) is 11.8 Å². The second kappa shape index (κ2) is 7.93. The van der Waals surface area contributed by atoms with Crippen LogP contribution < -0.4 is 5.32 Å². The lowest BCUT2D eigenvalue weighted by Crippen LogP contribution is -2.28. The Balaban J connectivity index is 1.93. The molecule has 1 saturated heterocycles. The SMILES string of the molecule is CCC(SCC1CCCO1)C(NC)c1ccccc1. The van der Waals surface area contributed by atoms with Crippen LogP contribution in [0.3, 0.4) is 0 Å². The molecule has 0 radical (unpaired) electrons. The van der Waals surface area contributed by atoms with E-state index in [4.69, 9.17) is 4.74 Å². The average molecular weight is 279 g/mol. The summed E-state index contributed by atoms with van der Waals surface area (Å²) >= 11 is 2.06. The van der Waals surface area contributed by atoms with E-state index in [0.717, 1.165) is 12.4 Å². The molecule has 1 heterocycles. The Labute approximate surface area is 121 Å². The first kappa shape index (κ1) is 14.9. The number of benzene rings is 1. The van der Waals surface area contributed by atoms with Crippen molar-refractivity contribution in [1.29, 1.82) is 0 Å². The lowest BCUT2D eigenvalue weighted by Gasteiger charge is -2.27. The van der Waals surface area contributed by atoms with Crippen LogP contribution in [0.4, 0.5) is 0 Å². The van der Waals surface area contributed by atoms with Crippen LogP contribution >= 0.6 is 11.8 Å². The van der Waals surface area contributed by atoms with E-state index in [1.54, 1.807) is 0 Å². The van der Waals surface area contributed by atoms with Crippen molar-refractivity contribution < 1.29 is 4.74 Å². The Morgan fingerprint density at radius 1 is 1.37 bits per heavy atom. The van der Waals surface area contributed by atoms with Crippen LogP contribution in [-0.2, 0) is 4.74 Å². The molecule has 0 aromatic heterocycles. The molecule has 0 spiro atoms. The number of nitrogens with one attached hydrogen (secondary N) is 1. The van der Waals surface area contributed by atoms with Gasteiger partial charge in [-0.15, -0.1) is 0 Å². The molecule has 2 nitrogen and oxygen atoms in total. The molecule has 2 rings (SSSR count). The van der Waals surface area contributed by atoms with E-state index in [9.17, 15) is 0 Å². The quantitative estimate of drug-likeness (QED) is 0.823. The summed E-state index contributed by atoms with van der Waals surface area (Å²) in [6.45, 7) is 3.23. The van der Waals surface area contributed by atoms with E-state index >= 15 is 0 Å². The van der Waals surface area contributed by atoms with Gasteiger partial charge in [-0.25, -0.2) is 0 Å². The molecule has 3 unspecified atom stereocenters. The third-order valence-electron chi connectivity index (χ3n) is 3.76. The minimum absolute atomic E-state index is 0.428. The molecule has 19 heavy (non-hydrogen) atoms. The van der Waals surface area contributed by atoms with Crippen LogP contribution in [-0.4, -0.2) is 30.8 Å². The zero-order valence-corrected chi connectivity index (χ0v) is 12.8. The number of ether oxygens (including phenoxy) is 1. The maximum Gasteiger partial charge on any atom is 0.0666 e. The summed E-state index contributed by atoms with van der Waals surface area (Å²) in [5.74, 6) is 1.13. The molecule has 106 valence electrons. The lowest BCUT2D eigenvalue weighted by atomic mass is 10.0. The summed E-state index contributed by atoms with van der Waals surface area (Å²) in [5.41, 5.74) is 1.39. The maximum atomic E-state index is 5.73. The average Bonchev–Trinajstić information content (AvgIpc) is 2.97. The largest absolute Gasteiger partial charge is 0.377 e. The molecule has 0 bridgehead atoms. The Morgan fingerprint density at radius 2 is 2.16 bits per heavy atom. The van der Waals surface area contributed by atoms with Gasteiger partial charge in [-0.3, -0.25) is 0 Å². The van der Waals surface area contributed by atoms with Gasteiger partial charge in [0.15, 0.2) is 0 Å². The minimum atomic E-state index is 0.428. The summed E-state index contributed by atoms with van der Waals surface area (Å²) in [5, 5.41) is 4.09. The summed E-state index contributed by atoms with van der Waals surface area (Å²) in [7, 11) is 2.06. The predicted molar refractivity (Wildman–Crippen MR) is 83.8 cm³/mol. The first-order valence-electron chi connectivity index (χ1n) is 7.30. The van der Waals surface area contributed by atoms with Gasteiger partial charge in [-0.1, -0.05) is 37.3 Å². The monoisotopic (exact) mass is 279 g/mol. The van der Waals surface area contributed by atoms with Gasteiger partial charge in [0, 0.05) is 23.7 Å². The minimum Gasteiger partial charge on any atom is -0.377 e. The van der Waals surface area contributed by atoms with Crippen molar-refractivity contribution in [1.82, 2.24) is 5.32 Å². The zero-order valence-electron chi connectivity index (χ0n) is 12.0. The van der Waals surface area contributed by atoms with Gasteiger partial charge in [0.2, 0.25) is 0 Å². The van der Waals surface area contributed by atoms with E-state index in [1.807, 2.05) is 0 Å². The van der Waals surface area contributed by atoms with Crippen molar-refractivity contribution in [2.24, 2.45) is 0 Å². The van der Waals surface area contributed by atoms with Gasteiger partial charge in [-0.05, 0) is 31.9 Å². The molecule has 1 fully saturated rings. The predicted octanol–water partition coefficient (Wildman–Crippen LogP) is 3.64. The number of rotatable bonds is 7. The normalized spacial score (nSPS) is 22.3. The van der Waals surface area contributed by atoms with Crippen molar-refractivity contribution in [2.75, 3.05) is 19.4 Å². The molecule has 1 N–H and O–H groups in total. The second-order valence-corrected chi connectivity index (χ2v) is 6.36. The van der Waals surface area contributed by atoms with E-state index in [2.05, 4.69) is 61.4 Å². The molecule has 1 aromatic carbocycles. The molecule has 0 saturated carbocycles. The summed E-state index contributed by atoms with van der Waals surface area (Å²) < 4.78 is 5.73. The van der Waals surface area contributed by atoms with Gasteiger partial charge >= 0.3 is 0 Å². The molecular formula is C16H25NOS. The molecule has 0 amide bonds. The molecular weight excluding hydrogens is 254 g/mol. The third-order valence-corrected chi connectivity index (χ3v) is 5.36. The summed E-state index contributed by atoms with van der Waals surface area (Å²) in [4.78, 5) is 0.